The predicted molar refractivity (Wildman–Crippen MR) is 49.8 cm³/mol. The van der Waals surface area contributed by atoms with E-state index in [1.54, 1.807) is 11.8 Å². The van der Waals surface area contributed by atoms with Crippen LogP contribution in [0.25, 0.3) is 0 Å². The van der Waals surface area contributed by atoms with E-state index >= 15 is 0 Å². The van der Waals surface area contributed by atoms with E-state index in [0.717, 1.165) is 25.9 Å². The molecule has 1 aliphatic rings. The Balaban J connectivity index is 2.39. The lowest BCUT2D eigenvalue weighted by Crippen LogP contribution is -2.38. The molecule has 0 bridgehead atoms. The molecule has 0 saturated carbocycles. The minimum Gasteiger partial charge on any atom is -0.396 e. The summed E-state index contributed by atoms with van der Waals surface area (Å²) in [5.74, 6) is 5.41. The van der Waals surface area contributed by atoms with Crippen LogP contribution >= 0.6 is 0 Å². The molecule has 1 heterocycles. The molecule has 1 amide bonds. The Hall–Kier alpha value is -1.01. The smallest absolute Gasteiger partial charge is 0.298 e. The molecule has 1 saturated heterocycles. The Morgan fingerprint density at radius 2 is 2.15 bits per heavy atom. The highest BCUT2D eigenvalue weighted by Gasteiger charge is 2.20. The molecule has 0 atom stereocenters. The van der Waals surface area contributed by atoms with Gasteiger partial charge in [0.25, 0.3) is 5.91 Å². The molecule has 13 heavy (non-hydrogen) atoms. The van der Waals surface area contributed by atoms with Crippen molar-refractivity contribution in [1.82, 2.24) is 4.90 Å². The van der Waals surface area contributed by atoms with Crippen molar-refractivity contribution in [2.45, 2.75) is 19.8 Å². The summed E-state index contributed by atoms with van der Waals surface area (Å²) in [6.45, 7) is 3.37. The first-order chi connectivity index (χ1) is 6.27. The van der Waals surface area contributed by atoms with Gasteiger partial charge in [0.15, 0.2) is 0 Å². The van der Waals surface area contributed by atoms with Crippen LogP contribution in [0.15, 0.2) is 0 Å². The Labute approximate surface area is 78.7 Å². The third-order valence-electron chi connectivity index (χ3n) is 2.39. The zero-order valence-electron chi connectivity index (χ0n) is 7.92. The highest BCUT2D eigenvalue weighted by molar-refractivity contribution is 5.93. The number of carbonyl (C=O) groups excluding carboxylic acids is 1. The van der Waals surface area contributed by atoms with Gasteiger partial charge >= 0.3 is 0 Å². The molecule has 1 fully saturated rings. The van der Waals surface area contributed by atoms with Crippen molar-refractivity contribution in [2.75, 3.05) is 19.7 Å². The van der Waals surface area contributed by atoms with Gasteiger partial charge in [0, 0.05) is 19.7 Å². The van der Waals surface area contributed by atoms with Crippen LogP contribution < -0.4 is 0 Å². The topological polar surface area (TPSA) is 40.5 Å². The van der Waals surface area contributed by atoms with Gasteiger partial charge in [-0.1, -0.05) is 5.92 Å². The van der Waals surface area contributed by atoms with Crippen LogP contribution in [-0.4, -0.2) is 35.6 Å². The second-order valence-corrected chi connectivity index (χ2v) is 3.29. The number of carbonyl (C=O) groups is 1. The molecule has 1 rings (SSSR count). The van der Waals surface area contributed by atoms with E-state index in [0.29, 0.717) is 5.92 Å². The highest BCUT2D eigenvalue weighted by atomic mass is 16.3. The Bertz CT molecular complexity index is 231. The van der Waals surface area contributed by atoms with Gasteiger partial charge in [-0.3, -0.25) is 4.79 Å². The molecule has 0 aliphatic carbocycles. The maximum Gasteiger partial charge on any atom is 0.298 e. The minimum atomic E-state index is -0.0844. The molecule has 0 aromatic rings. The number of likely N-dealkylation sites (tertiary alicyclic amines) is 1. The Kier molecular flexibility index (Phi) is 3.78. The standard InChI is InChI=1S/C10H15NO2/c1-2-3-10(13)11-6-4-9(8-12)5-7-11/h9,12H,4-8H2,1H3. The number of rotatable bonds is 1. The molecule has 1 aliphatic heterocycles. The van der Waals surface area contributed by atoms with Crippen LogP contribution in [0.3, 0.4) is 0 Å². The van der Waals surface area contributed by atoms with E-state index in [4.69, 9.17) is 5.11 Å². The molecular formula is C10H15NO2. The summed E-state index contributed by atoms with van der Waals surface area (Å²) in [6, 6.07) is 0. The fourth-order valence-electron chi connectivity index (χ4n) is 1.50. The second-order valence-electron chi connectivity index (χ2n) is 3.29. The number of hydrogen-bond donors (Lipinski definition) is 1. The van der Waals surface area contributed by atoms with Crippen molar-refractivity contribution >= 4 is 5.91 Å². The first-order valence-electron chi connectivity index (χ1n) is 4.60. The molecule has 0 aromatic heterocycles. The second kappa shape index (κ2) is 4.88. The summed E-state index contributed by atoms with van der Waals surface area (Å²) in [4.78, 5) is 13.0. The largest absolute Gasteiger partial charge is 0.396 e. The number of amides is 1. The average molecular weight is 181 g/mol. The molecule has 3 nitrogen and oxygen atoms in total. The lowest BCUT2D eigenvalue weighted by molar-refractivity contribution is -0.126. The summed E-state index contributed by atoms with van der Waals surface area (Å²) in [6.07, 6.45) is 1.79. The fraction of sp³-hybridized carbons (Fsp3) is 0.700. The van der Waals surface area contributed by atoms with E-state index in [-0.39, 0.29) is 12.5 Å². The van der Waals surface area contributed by atoms with Gasteiger partial charge in [0.2, 0.25) is 0 Å². The number of hydrogen-bond acceptors (Lipinski definition) is 2. The summed E-state index contributed by atoms with van der Waals surface area (Å²) in [5, 5.41) is 8.89. The van der Waals surface area contributed by atoms with Gasteiger partial charge in [0.05, 0.1) is 0 Å². The highest BCUT2D eigenvalue weighted by Crippen LogP contribution is 2.15. The van der Waals surface area contributed by atoms with Gasteiger partial charge in [-0.25, -0.2) is 0 Å². The van der Waals surface area contributed by atoms with Gasteiger partial charge in [0.1, 0.15) is 0 Å². The zero-order valence-corrected chi connectivity index (χ0v) is 7.92. The monoisotopic (exact) mass is 181 g/mol. The summed E-state index contributed by atoms with van der Waals surface area (Å²) in [5.41, 5.74) is 0. The molecule has 72 valence electrons. The average Bonchev–Trinajstić information content (AvgIpc) is 2.18. The lowest BCUT2D eigenvalue weighted by atomic mass is 9.98. The lowest BCUT2D eigenvalue weighted by Gasteiger charge is -2.29. The van der Waals surface area contributed by atoms with Crippen LogP contribution in [0.4, 0.5) is 0 Å². The van der Waals surface area contributed by atoms with E-state index < -0.39 is 0 Å². The number of piperidine rings is 1. The molecule has 0 spiro atoms. The first-order valence-corrected chi connectivity index (χ1v) is 4.60. The van der Waals surface area contributed by atoms with Crippen LogP contribution in [0.2, 0.25) is 0 Å². The van der Waals surface area contributed by atoms with Crippen molar-refractivity contribution in [1.29, 1.82) is 0 Å². The normalized spacial score (nSPS) is 17.8. The van der Waals surface area contributed by atoms with Crippen LogP contribution in [0, 0.1) is 17.8 Å². The summed E-state index contributed by atoms with van der Waals surface area (Å²) < 4.78 is 0. The van der Waals surface area contributed by atoms with E-state index in [1.165, 1.54) is 0 Å². The Morgan fingerprint density at radius 3 is 2.62 bits per heavy atom. The third kappa shape index (κ3) is 2.74. The zero-order chi connectivity index (χ0) is 9.68. The van der Waals surface area contributed by atoms with E-state index in [2.05, 4.69) is 11.8 Å². The Morgan fingerprint density at radius 1 is 1.54 bits per heavy atom. The predicted octanol–water partition coefficient (Wildman–Crippen LogP) is 0.241. The SMILES string of the molecule is CC#CC(=O)N1CCC(CO)CC1. The third-order valence-corrected chi connectivity index (χ3v) is 2.39. The molecule has 0 radical (unpaired) electrons. The van der Waals surface area contributed by atoms with Crippen LogP contribution in [-0.2, 0) is 4.79 Å². The maximum atomic E-state index is 11.3. The fourth-order valence-corrected chi connectivity index (χ4v) is 1.50. The molecule has 0 aromatic carbocycles. The van der Waals surface area contributed by atoms with Crippen molar-refractivity contribution in [3.8, 4) is 11.8 Å². The molecule has 1 N–H and O–H groups in total. The number of aliphatic hydroxyl groups excluding tert-OH is 1. The van der Waals surface area contributed by atoms with Crippen molar-refractivity contribution in [3.63, 3.8) is 0 Å². The van der Waals surface area contributed by atoms with E-state index in [9.17, 15) is 4.79 Å². The van der Waals surface area contributed by atoms with Crippen molar-refractivity contribution in [2.24, 2.45) is 5.92 Å². The summed E-state index contributed by atoms with van der Waals surface area (Å²) in [7, 11) is 0. The molecular weight excluding hydrogens is 166 g/mol. The minimum absolute atomic E-state index is 0.0844. The summed E-state index contributed by atoms with van der Waals surface area (Å²) >= 11 is 0. The van der Waals surface area contributed by atoms with Crippen LogP contribution in [0.1, 0.15) is 19.8 Å². The maximum absolute atomic E-state index is 11.3. The number of nitrogens with zero attached hydrogens (tertiary/aromatic N) is 1. The van der Waals surface area contributed by atoms with Gasteiger partial charge in [-0.05, 0) is 31.6 Å². The van der Waals surface area contributed by atoms with Gasteiger partial charge < -0.3 is 10.0 Å². The van der Waals surface area contributed by atoms with E-state index in [1.807, 2.05) is 0 Å². The van der Waals surface area contributed by atoms with Gasteiger partial charge in [-0.15, -0.1) is 0 Å². The quantitative estimate of drug-likeness (QED) is 0.589. The van der Waals surface area contributed by atoms with Gasteiger partial charge in [-0.2, -0.15) is 0 Å². The number of aliphatic hydroxyl groups is 1. The molecule has 3 heteroatoms. The molecule has 0 unspecified atom stereocenters. The van der Waals surface area contributed by atoms with Crippen molar-refractivity contribution in [3.05, 3.63) is 0 Å². The van der Waals surface area contributed by atoms with Crippen molar-refractivity contribution < 1.29 is 9.90 Å². The first kappa shape index (κ1) is 10.1. The van der Waals surface area contributed by atoms with Crippen LogP contribution in [0.5, 0.6) is 0 Å².